The first-order chi connectivity index (χ1) is 9.13. The van der Waals surface area contributed by atoms with E-state index < -0.39 is 5.41 Å². The standard InChI is InChI=1S/C14H16ClNO3/c1-2-19-13(18)14(8-15)9-16(10-14)12(17)11-6-4-3-5-7-11/h3-7H,2,8-10H2,1H3. The lowest BCUT2D eigenvalue weighted by Crippen LogP contribution is -2.63. The molecule has 0 saturated carbocycles. The number of amides is 1. The number of benzene rings is 1. The lowest BCUT2D eigenvalue weighted by atomic mass is 9.81. The zero-order chi connectivity index (χ0) is 13.9. The maximum atomic E-state index is 12.1. The molecular formula is C14H16ClNO3. The van der Waals surface area contributed by atoms with Crippen LogP contribution in [0.25, 0.3) is 0 Å². The van der Waals surface area contributed by atoms with Gasteiger partial charge in [-0.1, -0.05) is 18.2 Å². The van der Waals surface area contributed by atoms with Gasteiger partial charge in [-0.15, -0.1) is 11.6 Å². The van der Waals surface area contributed by atoms with E-state index in [1.54, 1.807) is 24.0 Å². The molecule has 0 aromatic heterocycles. The van der Waals surface area contributed by atoms with E-state index in [1.165, 1.54) is 0 Å². The average Bonchev–Trinajstić information content (AvgIpc) is 2.39. The van der Waals surface area contributed by atoms with Gasteiger partial charge in [0.25, 0.3) is 5.91 Å². The molecule has 1 fully saturated rings. The van der Waals surface area contributed by atoms with Gasteiger partial charge in [-0.25, -0.2) is 0 Å². The maximum Gasteiger partial charge on any atom is 0.316 e. The molecule has 0 radical (unpaired) electrons. The molecular weight excluding hydrogens is 266 g/mol. The van der Waals surface area contributed by atoms with Crippen LogP contribution in [0.15, 0.2) is 30.3 Å². The summed E-state index contributed by atoms with van der Waals surface area (Å²) >= 11 is 5.87. The zero-order valence-corrected chi connectivity index (χ0v) is 11.5. The van der Waals surface area contributed by atoms with Crippen molar-refractivity contribution in [2.75, 3.05) is 25.6 Å². The summed E-state index contributed by atoms with van der Waals surface area (Å²) in [6.07, 6.45) is 0. The number of alkyl halides is 1. The molecule has 5 heteroatoms. The normalized spacial score (nSPS) is 16.6. The molecule has 1 aromatic rings. The van der Waals surface area contributed by atoms with Crippen LogP contribution in [0.2, 0.25) is 0 Å². The van der Waals surface area contributed by atoms with Crippen molar-refractivity contribution in [2.45, 2.75) is 6.92 Å². The van der Waals surface area contributed by atoms with Gasteiger partial charge in [0.05, 0.1) is 6.61 Å². The SMILES string of the molecule is CCOC(=O)C1(CCl)CN(C(=O)c2ccccc2)C1. The van der Waals surface area contributed by atoms with Crippen molar-refractivity contribution in [1.82, 2.24) is 4.90 Å². The number of hydrogen-bond donors (Lipinski definition) is 0. The lowest BCUT2D eigenvalue weighted by Gasteiger charge is -2.46. The lowest BCUT2D eigenvalue weighted by molar-refractivity contribution is -0.162. The molecule has 0 aliphatic carbocycles. The van der Waals surface area contributed by atoms with E-state index >= 15 is 0 Å². The van der Waals surface area contributed by atoms with Gasteiger partial charge < -0.3 is 9.64 Å². The Bertz CT molecular complexity index is 469. The highest BCUT2D eigenvalue weighted by Gasteiger charge is 2.51. The number of halogens is 1. The van der Waals surface area contributed by atoms with E-state index in [-0.39, 0.29) is 17.8 Å². The second-order valence-corrected chi connectivity index (χ2v) is 4.93. The topological polar surface area (TPSA) is 46.6 Å². The van der Waals surface area contributed by atoms with Gasteiger partial charge in [0.2, 0.25) is 0 Å². The van der Waals surface area contributed by atoms with Crippen LogP contribution < -0.4 is 0 Å². The second kappa shape index (κ2) is 5.61. The smallest absolute Gasteiger partial charge is 0.316 e. The van der Waals surface area contributed by atoms with Crippen LogP contribution in [-0.2, 0) is 9.53 Å². The number of likely N-dealkylation sites (tertiary alicyclic amines) is 1. The fraction of sp³-hybridized carbons (Fsp3) is 0.429. The first-order valence-corrected chi connectivity index (χ1v) is 6.74. The van der Waals surface area contributed by atoms with E-state index in [1.807, 2.05) is 18.2 Å². The van der Waals surface area contributed by atoms with Crippen LogP contribution in [0.5, 0.6) is 0 Å². The van der Waals surface area contributed by atoms with Crippen LogP contribution in [0.3, 0.4) is 0 Å². The molecule has 102 valence electrons. The molecule has 19 heavy (non-hydrogen) atoms. The Morgan fingerprint density at radius 2 is 1.95 bits per heavy atom. The van der Waals surface area contributed by atoms with E-state index in [9.17, 15) is 9.59 Å². The van der Waals surface area contributed by atoms with E-state index in [0.717, 1.165) is 0 Å². The number of ether oxygens (including phenoxy) is 1. The maximum absolute atomic E-state index is 12.1. The fourth-order valence-electron chi connectivity index (χ4n) is 2.14. The molecule has 2 rings (SSSR count). The van der Waals surface area contributed by atoms with Crippen molar-refractivity contribution in [2.24, 2.45) is 5.41 Å². The number of hydrogen-bond acceptors (Lipinski definition) is 3. The van der Waals surface area contributed by atoms with Crippen LogP contribution >= 0.6 is 11.6 Å². The van der Waals surface area contributed by atoms with Crippen LogP contribution in [-0.4, -0.2) is 42.4 Å². The van der Waals surface area contributed by atoms with Gasteiger partial charge in [-0.3, -0.25) is 9.59 Å². The molecule has 1 saturated heterocycles. The van der Waals surface area contributed by atoms with Crippen LogP contribution in [0.1, 0.15) is 17.3 Å². The number of carbonyl (C=O) groups is 2. The van der Waals surface area contributed by atoms with Crippen LogP contribution in [0.4, 0.5) is 0 Å². The minimum Gasteiger partial charge on any atom is -0.465 e. The molecule has 1 aromatic carbocycles. The van der Waals surface area contributed by atoms with Crippen molar-refractivity contribution >= 4 is 23.5 Å². The van der Waals surface area contributed by atoms with E-state index in [0.29, 0.717) is 25.3 Å². The second-order valence-electron chi connectivity index (χ2n) is 4.66. The molecule has 1 aliphatic rings. The highest BCUT2D eigenvalue weighted by molar-refractivity contribution is 6.20. The predicted molar refractivity (Wildman–Crippen MR) is 72.1 cm³/mol. The van der Waals surface area contributed by atoms with Crippen molar-refractivity contribution in [3.63, 3.8) is 0 Å². The quantitative estimate of drug-likeness (QED) is 0.626. The zero-order valence-electron chi connectivity index (χ0n) is 10.8. The molecule has 1 heterocycles. The van der Waals surface area contributed by atoms with Gasteiger partial charge in [-0.05, 0) is 19.1 Å². The largest absolute Gasteiger partial charge is 0.465 e. The number of rotatable bonds is 4. The van der Waals surface area contributed by atoms with Gasteiger partial charge in [-0.2, -0.15) is 0 Å². The molecule has 0 spiro atoms. The molecule has 0 unspecified atom stereocenters. The van der Waals surface area contributed by atoms with Crippen molar-refractivity contribution in [3.05, 3.63) is 35.9 Å². The van der Waals surface area contributed by atoms with Gasteiger partial charge in [0, 0.05) is 24.5 Å². The molecule has 4 nitrogen and oxygen atoms in total. The minimum absolute atomic E-state index is 0.0781. The molecule has 1 amide bonds. The van der Waals surface area contributed by atoms with Gasteiger partial charge >= 0.3 is 5.97 Å². The summed E-state index contributed by atoms with van der Waals surface area (Å²) in [5.41, 5.74) is -0.114. The number of nitrogens with zero attached hydrogens (tertiary/aromatic N) is 1. The Kier molecular flexibility index (Phi) is 4.10. The third kappa shape index (κ3) is 2.59. The third-order valence-electron chi connectivity index (χ3n) is 3.26. The summed E-state index contributed by atoms with van der Waals surface area (Å²) in [5, 5.41) is 0. The third-order valence-corrected chi connectivity index (χ3v) is 3.77. The minimum atomic E-state index is -0.734. The summed E-state index contributed by atoms with van der Waals surface area (Å²) in [6, 6.07) is 9.00. The van der Waals surface area contributed by atoms with Crippen LogP contribution in [0, 0.1) is 5.41 Å². The van der Waals surface area contributed by atoms with Crippen molar-refractivity contribution in [1.29, 1.82) is 0 Å². The molecule has 0 atom stereocenters. The highest BCUT2D eigenvalue weighted by atomic mass is 35.5. The van der Waals surface area contributed by atoms with Gasteiger partial charge in [0.1, 0.15) is 5.41 Å². The highest BCUT2D eigenvalue weighted by Crippen LogP contribution is 2.34. The number of esters is 1. The molecule has 0 bridgehead atoms. The first kappa shape index (κ1) is 13.9. The van der Waals surface area contributed by atoms with Crippen molar-refractivity contribution in [3.8, 4) is 0 Å². The molecule has 0 N–H and O–H groups in total. The summed E-state index contributed by atoms with van der Waals surface area (Å²) in [4.78, 5) is 25.6. The first-order valence-electron chi connectivity index (χ1n) is 6.20. The Morgan fingerprint density at radius 3 is 2.47 bits per heavy atom. The average molecular weight is 282 g/mol. The monoisotopic (exact) mass is 281 g/mol. The van der Waals surface area contributed by atoms with E-state index in [4.69, 9.17) is 16.3 Å². The fourth-order valence-corrected chi connectivity index (χ4v) is 2.42. The summed E-state index contributed by atoms with van der Waals surface area (Å²) in [5.74, 6) is -0.225. The Hall–Kier alpha value is -1.55. The number of carbonyl (C=O) groups excluding carboxylic acids is 2. The van der Waals surface area contributed by atoms with Gasteiger partial charge in [0.15, 0.2) is 0 Å². The Labute approximate surface area is 117 Å². The van der Waals surface area contributed by atoms with Crippen molar-refractivity contribution < 1.29 is 14.3 Å². The Morgan fingerprint density at radius 1 is 1.32 bits per heavy atom. The summed E-state index contributed by atoms with van der Waals surface area (Å²) in [7, 11) is 0. The van der Waals surface area contributed by atoms with E-state index in [2.05, 4.69) is 0 Å². The predicted octanol–water partition coefficient (Wildman–Crippen LogP) is 1.93. The molecule has 1 aliphatic heterocycles. The Balaban J connectivity index is 2.02. The summed E-state index contributed by atoms with van der Waals surface area (Å²) in [6.45, 7) is 2.72. The summed E-state index contributed by atoms with van der Waals surface area (Å²) < 4.78 is 5.01.